The minimum atomic E-state index is -0.0852. The van der Waals surface area contributed by atoms with Crippen molar-refractivity contribution in [2.75, 3.05) is 25.4 Å². The van der Waals surface area contributed by atoms with Gasteiger partial charge in [-0.1, -0.05) is 0 Å². The van der Waals surface area contributed by atoms with E-state index >= 15 is 0 Å². The Morgan fingerprint density at radius 3 is 3.05 bits per heavy atom. The minimum absolute atomic E-state index is 0.0644. The molecule has 0 bridgehead atoms. The molecule has 1 atom stereocenters. The summed E-state index contributed by atoms with van der Waals surface area (Å²) in [6.07, 6.45) is 3.19. The van der Waals surface area contributed by atoms with E-state index in [9.17, 15) is 4.79 Å². The number of hydrogen-bond acceptors (Lipinski definition) is 4. The first-order valence-electron chi connectivity index (χ1n) is 6.91. The molecular weight excluding hydrogens is 244 g/mol. The smallest absolute Gasteiger partial charge is 0.276 e. The molecule has 0 radical (unpaired) electrons. The number of nitrogens with one attached hydrogen (secondary N) is 1. The van der Waals surface area contributed by atoms with Gasteiger partial charge in [0.1, 0.15) is 0 Å². The number of hydrogen-bond donors (Lipinski definition) is 2. The van der Waals surface area contributed by atoms with Crippen LogP contribution in [0.15, 0.2) is 0 Å². The second kappa shape index (κ2) is 4.85. The van der Waals surface area contributed by atoms with Crippen LogP contribution in [-0.2, 0) is 4.74 Å². The Kier molecular flexibility index (Phi) is 3.18. The molecule has 19 heavy (non-hydrogen) atoms. The van der Waals surface area contributed by atoms with E-state index in [4.69, 9.17) is 10.5 Å². The van der Waals surface area contributed by atoms with Gasteiger partial charge < -0.3 is 15.4 Å². The molecule has 3 N–H and O–H groups in total. The molecule has 2 aliphatic rings. The standard InChI is InChI=1S/C13H20N4O2/c1-8-7-17(5-2-6-19-8)13(18)12-10(14)11(15-16-12)9-3-4-9/h8-9H,2-7,14H2,1H3,(H,15,16). The van der Waals surface area contributed by atoms with Gasteiger partial charge in [-0.3, -0.25) is 9.89 Å². The fourth-order valence-electron chi connectivity index (χ4n) is 2.54. The predicted molar refractivity (Wildman–Crippen MR) is 70.9 cm³/mol. The van der Waals surface area contributed by atoms with Crippen molar-refractivity contribution in [1.82, 2.24) is 15.1 Å². The van der Waals surface area contributed by atoms with Crippen LogP contribution in [0, 0.1) is 0 Å². The number of aromatic nitrogens is 2. The van der Waals surface area contributed by atoms with E-state index in [0.717, 1.165) is 25.0 Å². The summed E-state index contributed by atoms with van der Waals surface area (Å²) < 4.78 is 5.55. The number of nitrogen functional groups attached to an aromatic ring is 1. The minimum Gasteiger partial charge on any atom is -0.395 e. The molecule has 2 fully saturated rings. The van der Waals surface area contributed by atoms with Gasteiger partial charge in [-0.2, -0.15) is 5.10 Å². The van der Waals surface area contributed by atoms with Crippen LogP contribution in [0.5, 0.6) is 0 Å². The topological polar surface area (TPSA) is 84.2 Å². The van der Waals surface area contributed by atoms with Crippen LogP contribution >= 0.6 is 0 Å². The van der Waals surface area contributed by atoms with Crippen molar-refractivity contribution >= 4 is 11.6 Å². The SMILES string of the molecule is CC1CN(C(=O)c2n[nH]c(C3CC3)c2N)CCCO1. The monoisotopic (exact) mass is 264 g/mol. The van der Waals surface area contributed by atoms with Gasteiger partial charge in [-0.25, -0.2) is 0 Å². The number of rotatable bonds is 2. The molecule has 1 aliphatic heterocycles. The second-order valence-corrected chi connectivity index (χ2v) is 5.46. The summed E-state index contributed by atoms with van der Waals surface area (Å²) in [4.78, 5) is 14.3. The molecule has 1 amide bonds. The Morgan fingerprint density at radius 2 is 2.32 bits per heavy atom. The average Bonchev–Trinajstić information content (AvgIpc) is 3.17. The summed E-state index contributed by atoms with van der Waals surface area (Å²) in [6, 6.07) is 0. The van der Waals surface area contributed by atoms with Crippen molar-refractivity contribution in [3.8, 4) is 0 Å². The van der Waals surface area contributed by atoms with E-state index in [-0.39, 0.29) is 12.0 Å². The molecule has 0 aromatic carbocycles. The van der Waals surface area contributed by atoms with Crippen LogP contribution in [-0.4, -0.2) is 46.8 Å². The molecule has 2 heterocycles. The van der Waals surface area contributed by atoms with Crippen LogP contribution in [0.25, 0.3) is 0 Å². The molecule has 1 saturated heterocycles. The molecule has 104 valence electrons. The maximum Gasteiger partial charge on any atom is 0.276 e. The number of nitrogens with zero attached hydrogens (tertiary/aromatic N) is 2. The summed E-state index contributed by atoms with van der Waals surface area (Å²) in [6.45, 7) is 3.99. The summed E-state index contributed by atoms with van der Waals surface area (Å²) in [7, 11) is 0. The Hall–Kier alpha value is -1.56. The van der Waals surface area contributed by atoms with E-state index in [2.05, 4.69) is 10.2 Å². The zero-order valence-corrected chi connectivity index (χ0v) is 11.2. The second-order valence-electron chi connectivity index (χ2n) is 5.46. The van der Waals surface area contributed by atoms with Crippen LogP contribution in [0.4, 0.5) is 5.69 Å². The summed E-state index contributed by atoms with van der Waals surface area (Å²) >= 11 is 0. The quantitative estimate of drug-likeness (QED) is 0.838. The highest BCUT2D eigenvalue weighted by Crippen LogP contribution is 2.42. The maximum absolute atomic E-state index is 12.5. The van der Waals surface area contributed by atoms with E-state index in [0.29, 0.717) is 37.0 Å². The third-order valence-electron chi connectivity index (χ3n) is 3.76. The van der Waals surface area contributed by atoms with E-state index in [1.165, 1.54) is 0 Å². The van der Waals surface area contributed by atoms with Gasteiger partial charge >= 0.3 is 0 Å². The predicted octanol–water partition coefficient (Wildman–Crippen LogP) is 1.12. The molecule has 1 saturated carbocycles. The zero-order valence-electron chi connectivity index (χ0n) is 11.2. The Balaban J connectivity index is 1.78. The van der Waals surface area contributed by atoms with Crippen molar-refractivity contribution in [2.45, 2.75) is 38.2 Å². The molecule has 1 aromatic heterocycles. The molecule has 1 unspecified atom stereocenters. The summed E-state index contributed by atoms with van der Waals surface area (Å²) in [5, 5.41) is 7.05. The lowest BCUT2D eigenvalue weighted by atomic mass is 10.2. The Bertz CT molecular complexity index is 481. The highest BCUT2D eigenvalue weighted by atomic mass is 16.5. The largest absolute Gasteiger partial charge is 0.395 e. The first-order valence-corrected chi connectivity index (χ1v) is 6.91. The van der Waals surface area contributed by atoms with Crippen molar-refractivity contribution in [1.29, 1.82) is 0 Å². The number of carbonyl (C=O) groups is 1. The lowest BCUT2D eigenvalue weighted by Crippen LogP contribution is -2.36. The zero-order chi connectivity index (χ0) is 13.4. The number of nitrogens with two attached hydrogens (primary N) is 1. The lowest BCUT2D eigenvalue weighted by Gasteiger charge is -2.21. The Labute approximate surface area is 112 Å². The van der Waals surface area contributed by atoms with Gasteiger partial charge in [0.25, 0.3) is 5.91 Å². The Morgan fingerprint density at radius 1 is 1.53 bits per heavy atom. The summed E-state index contributed by atoms with van der Waals surface area (Å²) in [5.41, 5.74) is 7.89. The summed E-state index contributed by atoms with van der Waals surface area (Å²) in [5.74, 6) is 0.387. The third kappa shape index (κ3) is 2.45. The van der Waals surface area contributed by atoms with E-state index in [1.54, 1.807) is 4.90 Å². The number of amides is 1. The van der Waals surface area contributed by atoms with E-state index in [1.807, 2.05) is 6.92 Å². The van der Waals surface area contributed by atoms with Gasteiger partial charge in [0.2, 0.25) is 0 Å². The first kappa shape index (κ1) is 12.5. The number of carbonyl (C=O) groups excluding carboxylic acids is 1. The van der Waals surface area contributed by atoms with Crippen molar-refractivity contribution in [2.24, 2.45) is 0 Å². The van der Waals surface area contributed by atoms with Crippen LogP contribution < -0.4 is 5.73 Å². The molecule has 6 heteroatoms. The first-order chi connectivity index (χ1) is 9.16. The molecule has 6 nitrogen and oxygen atoms in total. The molecule has 0 spiro atoms. The number of H-pyrrole nitrogens is 1. The van der Waals surface area contributed by atoms with Crippen molar-refractivity contribution in [3.05, 3.63) is 11.4 Å². The molecule has 1 aliphatic carbocycles. The molecular formula is C13H20N4O2. The van der Waals surface area contributed by atoms with Crippen molar-refractivity contribution in [3.63, 3.8) is 0 Å². The van der Waals surface area contributed by atoms with Gasteiger partial charge in [0.05, 0.1) is 17.5 Å². The number of ether oxygens (including phenoxy) is 1. The average molecular weight is 264 g/mol. The van der Waals surface area contributed by atoms with Gasteiger partial charge in [-0.05, 0) is 26.2 Å². The fourth-order valence-corrected chi connectivity index (χ4v) is 2.54. The highest BCUT2D eigenvalue weighted by Gasteiger charge is 2.32. The third-order valence-corrected chi connectivity index (χ3v) is 3.76. The van der Waals surface area contributed by atoms with Gasteiger partial charge in [0.15, 0.2) is 5.69 Å². The molecule has 1 aromatic rings. The van der Waals surface area contributed by atoms with Crippen LogP contribution in [0.1, 0.15) is 48.3 Å². The number of aromatic amines is 1. The van der Waals surface area contributed by atoms with Crippen LogP contribution in [0.3, 0.4) is 0 Å². The highest BCUT2D eigenvalue weighted by molar-refractivity contribution is 5.97. The fraction of sp³-hybridized carbons (Fsp3) is 0.692. The number of anilines is 1. The van der Waals surface area contributed by atoms with Crippen molar-refractivity contribution < 1.29 is 9.53 Å². The lowest BCUT2D eigenvalue weighted by molar-refractivity contribution is 0.0560. The normalized spacial score (nSPS) is 24.3. The van der Waals surface area contributed by atoms with E-state index < -0.39 is 0 Å². The van der Waals surface area contributed by atoms with Crippen LogP contribution in [0.2, 0.25) is 0 Å². The molecule has 3 rings (SSSR count). The van der Waals surface area contributed by atoms with Gasteiger partial charge in [-0.15, -0.1) is 0 Å². The van der Waals surface area contributed by atoms with Gasteiger partial charge in [0, 0.05) is 25.6 Å². The maximum atomic E-state index is 12.5.